The zero-order chi connectivity index (χ0) is 19.8. The third kappa shape index (κ3) is 3.13. The van der Waals surface area contributed by atoms with Crippen molar-refractivity contribution in [2.45, 2.75) is 27.4 Å². The lowest BCUT2D eigenvalue weighted by molar-refractivity contribution is 0.0404. The molecule has 0 spiro atoms. The van der Waals surface area contributed by atoms with Gasteiger partial charge in [0.15, 0.2) is 6.61 Å². The summed E-state index contributed by atoms with van der Waals surface area (Å²) in [6.07, 6.45) is 0. The zero-order valence-electron chi connectivity index (χ0n) is 15.9. The zero-order valence-corrected chi connectivity index (χ0v) is 15.9. The summed E-state index contributed by atoms with van der Waals surface area (Å²) >= 11 is 0. The molecule has 0 atom stereocenters. The van der Waals surface area contributed by atoms with Gasteiger partial charge < -0.3 is 22.7 Å². The van der Waals surface area contributed by atoms with Crippen LogP contribution in [0.1, 0.15) is 33.5 Å². The van der Waals surface area contributed by atoms with Crippen LogP contribution in [0.15, 0.2) is 37.5 Å². The van der Waals surface area contributed by atoms with Crippen LogP contribution in [0.25, 0.3) is 22.4 Å². The highest BCUT2D eigenvalue weighted by Crippen LogP contribution is 2.29. The van der Waals surface area contributed by atoms with Gasteiger partial charge in [0.1, 0.15) is 22.9 Å². The monoisotopic (exact) mass is 382 g/mol. The van der Waals surface area contributed by atoms with Gasteiger partial charge in [-0.05, 0) is 45.0 Å². The average molecular weight is 382 g/mol. The minimum Gasteiger partial charge on any atom is -0.497 e. The number of carbonyl (C=O) groups excluding carboxylic acids is 1. The van der Waals surface area contributed by atoms with Gasteiger partial charge in [-0.2, -0.15) is 0 Å². The van der Waals surface area contributed by atoms with Crippen LogP contribution in [0.3, 0.4) is 0 Å². The lowest BCUT2D eigenvalue weighted by Crippen LogP contribution is -2.05. The van der Waals surface area contributed by atoms with E-state index in [0.717, 1.165) is 11.1 Å². The predicted molar refractivity (Wildman–Crippen MR) is 98.1 cm³/mol. The number of aryl methyl sites for hydroxylation is 3. The molecule has 0 unspecified atom stereocenters. The van der Waals surface area contributed by atoms with Gasteiger partial charge in [0.25, 0.3) is 11.8 Å². The Hall–Kier alpha value is -3.55. The molecule has 0 saturated heterocycles. The second-order valence-electron chi connectivity index (χ2n) is 6.32. The molecule has 0 fully saturated rings. The number of rotatable bonds is 5. The fourth-order valence-corrected chi connectivity index (χ4v) is 2.98. The Morgan fingerprint density at radius 3 is 2.61 bits per heavy atom. The molecule has 4 aromatic rings. The summed E-state index contributed by atoms with van der Waals surface area (Å²) in [7, 11) is 1.58. The van der Waals surface area contributed by atoms with E-state index in [9.17, 15) is 4.79 Å². The number of hydrogen-bond donors (Lipinski definition) is 0. The lowest BCUT2D eigenvalue weighted by Gasteiger charge is -2.00. The number of carbonyl (C=O) groups is 1. The molecule has 0 aliphatic heterocycles. The van der Waals surface area contributed by atoms with Crippen molar-refractivity contribution in [3.63, 3.8) is 0 Å². The molecule has 0 aliphatic carbocycles. The summed E-state index contributed by atoms with van der Waals surface area (Å²) in [4.78, 5) is 12.4. The fourth-order valence-electron chi connectivity index (χ4n) is 2.98. The molecule has 0 N–H and O–H groups in total. The Balaban J connectivity index is 1.50. The van der Waals surface area contributed by atoms with Gasteiger partial charge in [0.05, 0.1) is 12.7 Å². The van der Waals surface area contributed by atoms with Crippen LogP contribution in [-0.4, -0.2) is 23.3 Å². The van der Waals surface area contributed by atoms with E-state index in [1.165, 1.54) is 0 Å². The van der Waals surface area contributed by atoms with Crippen molar-refractivity contribution < 1.29 is 27.5 Å². The molecule has 0 radical (unpaired) electrons. The first-order valence-electron chi connectivity index (χ1n) is 8.60. The maximum atomic E-state index is 12.4. The summed E-state index contributed by atoms with van der Waals surface area (Å²) in [5.74, 6) is 2.12. The topological polar surface area (TPSA) is 101 Å². The number of methoxy groups -OCH3 is 1. The van der Waals surface area contributed by atoms with E-state index in [-0.39, 0.29) is 18.3 Å². The number of ether oxygens (including phenoxy) is 2. The van der Waals surface area contributed by atoms with Gasteiger partial charge in [-0.25, -0.2) is 4.79 Å². The Bertz CT molecular complexity index is 1170. The Labute approximate surface area is 160 Å². The van der Waals surface area contributed by atoms with Crippen LogP contribution in [-0.2, 0) is 11.3 Å². The SMILES string of the molecule is COc1ccc2oc(C(=O)OCc3nnc(-c4cc(C)oc4C)o3)c(C)c2c1. The Morgan fingerprint density at radius 2 is 1.89 bits per heavy atom. The smallest absolute Gasteiger partial charge is 0.375 e. The van der Waals surface area contributed by atoms with Crippen molar-refractivity contribution in [3.8, 4) is 17.2 Å². The minimum atomic E-state index is -0.609. The van der Waals surface area contributed by atoms with Crippen molar-refractivity contribution >= 4 is 16.9 Å². The standard InChI is InChI=1S/C20H18N2O6/c1-10-7-15(12(3)26-10)19-22-21-17(28-19)9-25-20(23)18-11(2)14-8-13(24-4)5-6-16(14)27-18/h5-8H,9H2,1-4H3. The average Bonchev–Trinajstić information content (AvgIpc) is 3.37. The summed E-state index contributed by atoms with van der Waals surface area (Å²) in [6, 6.07) is 7.13. The first-order chi connectivity index (χ1) is 13.5. The van der Waals surface area contributed by atoms with E-state index in [2.05, 4.69) is 10.2 Å². The van der Waals surface area contributed by atoms with E-state index in [1.807, 2.05) is 26.0 Å². The Morgan fingerprint density at radius 1 is 1.07 bits per heavy atom. The number of nitrogens with zero attached hydrogens (tertiary/aromatic N) is 2. The maximum Gasteiger partial charge on any atom is 0.375 e. The number of aromatic nitrogens is 2. The Kier molecular flexibility index (Phi) is 4.38. The van der Waals surface area contributed by atoms with Crippen molar-refractivity contribution in [2.24, 2.45) is 0 Å². The van der Waals surface area contributed by atoms with Crippen LogP contribution in [0.5, 0.6) is 5.75 Å². The van der Waals surface area contributed by atoms with Gasteiger partial charge in [0, 0.05) is 10.9 Å². The van der Waals surface area contributed by atoms with E-state index in [4.69, 9.17) is 22.7 Å². The van der Waals surface area contributed by atoms with E-state index in [1.54, 1.807) is 26.2 Å². The summed E-state index contributed by atoms with van der Waals surface area (Å²) in [5.41, 5.74) is 1.97. The van der Waals surface area contributed by atoms with Gasteiger partial charge in [-0.3, -0.25) is 0 Å². The predicted octanol–water partition coefficient (Wildman–Crippen LogP) is 4.37. The molecule has 8 heteroatoms. The van der Waals surface area contributed by atoms with Gasteiger partial charge in [0.2, 0.25) is 5.76 Å². The first kappa shape index (κ1) is 17.8. The fraction of sp³-hybridized carbons (Fsp3) is 0.250. The number of esters is 1. The van der Waals surface area contributed by atoms with Crippen LogP contribution in [0.4, 0.5) is 0 Å². The molecule has 0 bridgehead atoms. The summed E-state index contributed by atoms with van der Waals surface area (Å²) in [6.45, 7) is 5.27. The van der Waals surface area contributed by atoms with Crippen molar-refractivity contribution in [3.05, 3.63) is 53.0 Å². The molecular formula is C20H18N2O6. The van der Waals surface area contributed by atoms with Gasteiger partial charge in [-0.15, -0.1) is 10.2 Å². The van der Waals surface area contributed by atoms with Crippen molar-refractivity contribution in [2.75, 3.05) is 7.11 Å². The van der Waals surface area contributed by atoms with Crippen LogP contribution < -0.4 is 4.74 Å². The molecule has 8 nitrogen and oxygen atoms in total. The molecule has 3 heterocycles. The minimum absolute atomic E-state index is 0.129. The molecule has 3 aromatic heterocycles. The number of fused-ring (bicyclic) bond motifs is 1. The van der Waals surface area contributed by atoms with E-state index < -0.39 is 5.97 Å². The molecule has 0 aliphatic rings. The molecule has 4 rings (SSSR count). The van der Waals surface area contributed by atoms with Crippen molar-refractivity contribution in [1.82, 2.24) is 10.2 Å². The third-order valence-corrected chi connectivity index (χ3v) is 4.39. The van der Waals surface area contributed by atoms with Gasteiger partial charge in [-0.1, -0.05) is 0 Å². The maximum absolute atomic E-state index is 12.4. The number of furan rings is 2. The van der Waals surface area contributed by atoms with Crippen LogP contribution >= 0.6 is 0 Å². The van der Waals surface area contributed by atoms with E-state index in [0.29, 0.717) is 34.1 Å². The molecule has 28 heavy (non-hydrogen) atoms. The molecular weight excluding hydrogens is 364 g/mol. The number of benzene rings is 1. The summed E-state index contributed by atoms with van der Waals surface area (Å²) in [5, 5.41) is 8.68. The highest BCUT2D eigenvalue weighted by atomic mass is 16.6. The van der Waals surface area contributed by atoms with Crippen LogP contribution in [0, 0.1) is 20.8 Å². The molecule has 0 amide bonds. The molecule has 144 valence electrons. The first-order valence-corrected chi connectivity index (χ1v) is 8.60. The normalized spacial score (nSPS) is 11.1. The van der Waals surface area contributed by atoms with Crippen molar-refractivity contribution in [1.29, 1.82) is 0 Å². The summed E-state index contributed by atoms with van der Waals surface area (Å²) < 4.78 is 27.1. The largest absolute Gasteiger partial charge is 0.497 e. The second-order valence-corrected chi connectivity index (χ2v) is 6.32. The third-order valence-electron chi connectivity index (χ3n) is 4.39. The molecule has 0 saturated carbocycles. The quantitative estimate of drug-likeness (QED) is 0.469. The lowest BCUT2D eigenvalue weighted by atomic mass is 10.1. The molecule has 1 aromatic carbocycles. The number of hydrogen-bond acceptors (Lipinski definition) is 8. The highest BCUT2D eigenvalue weighted by Gasteiger charge is 2.21. The van der Waals surface area contributed by atoms with Gasteiger partial charge >= 0.3 is 5.97 Å². The van der Waals surface area contributed by atoms with Crippen LogP contribution in [0.2, 0.25) is 0 Å². The highest BCUT2D eigenvalue weighted by molar-refractivity contribution is 5.96. The van der Waals surface area contributed by atoms with E-state index >= 15 is 0 Å². The second kappa shape index (κ2) is 6.88.